The molecule has 2 saturated heterocycles. The summed E-state index contributed by atoms with van der Waals surface area (Å²) in [6.45, 7) is 2.51. The molecule has 2 fully saturated rings. The van der Waals surface area contributed by atoms with Crippen LogP contribution in [0.4, 0.5) is 0 Å². The monoisotopic (exact) mass is 272 g/mol. The summed E-state index contributed by atoms with van der Waals surface area (Å²) in [7, 11) is 0. The smallest absolute Gasteiger partial charge is 0.332 e. The van der Waals surface area contributed by atoms with Crippen LogP contribution in [-0.2, 0) is 19.1 Å². The molecule has 2 aliphatic heterocycles. The molecule has 0 bridgehead atoms. The van der Waals surface area contributed by atoms with Crippen molar-refractivity contribution in [3.8, 4) is 0 Å². The topological polar surface area (TPSA) is 96.9 Å². The first-order valence-corrected chi connectivity index (χ1v) is 6.62. The molecule has 108 valence electrons. The summed E-state index contributed by atoms with van der Waals surface area (Å²) in [6.07, 6.45) is 0.486. The Hall–Kier alpha value is -1.18. The van der Waals surface area contributed by atoms with E-state index in [0.29, 0.717) is 39.0 Å². The number of carboxylic acids is 1. The molecule has 0 aliphatic carbocycles. The second kappa shape index (κ2) is 6.83. The number of carboxylic acid groups (broad SMARTS) is 1. The van der Waals surface area contributed by atoms with Crippen LogP contribution in [0, 0.1) is 0 Å². The predicted octanol–water partition coefficient (Wildman–Crippen LogP) is -0.887. The summed E-state index contributed by atoms with van der Waals surface area (Å²) in [6, 6.07) is 0. The molecule has 0 radical (unpaired) electrons. The van der Waals surface area contributed by atoms with Gasteiger partial charge in [-0.2, -0.15) is 0 Å². The summed E-state index contributed by atoms with van der Waals surface area (Å²) in [5, 5.41) is 14.7. The third-order valence-electron chi connectivity index (χ3n) is 3.33. The van der Waals surface area contributed by atoms with E-state index in [1.54, 1.807) is 0 Å². The van der Waals surface area contributed by atoms with Crippen molar-refractivity contribution in [1.29, 1.82) is 0 Å². The van der Waals surface area contributed by atoms with Gasteiger partial charge in [-0.05, 0) is 12.8 Å². The van der Waals surface area contributed by atoms with Crippen LogP contribution in [0.15, 0.2) is 0 Å². The van der Waals surface area contributed by atoms with Gasteiger partial charge in [0.25, 0.3) is 0 Å². The van der Waals surface area contributed by atoms with Gasteiger partial charge in [0.05, 0.1) is 25.2 Å². The van der Waals surface area contributed by atoms with Crippen LogP contribution >= 0.6 is 0 Å². The molecule has 0 spiro atoms. The molecule has 3 unspecified atom stereocenters. The molecule has 0 saturated carbocycles. The highest BCUT2D eigenvalue weighted by Gasteiger charge is 2.30. The van der Waals surface area contributed by atoms with E-state index in [1.165, 1.54) is 0 Å². The lowest BCUT2D eigenvalue weighted by Crippen LogP contribution is -2.42. The zero-order chi connectivity index (χ0) is 13.7. The summed E-state index contributed by atoms with van der Waals surface area (Å²) in [4.78, 5) is 22.4. The number of amides is 1. The van der Waals surface area contributed by atoms with Crippen molar-refractivity contribution in [3.63, 3.8) is 0 Å². The van der Waals surface area contributed by atoms with Crippen LogP contribution < -0.4 is 10.6 Å². The fraction of sp³-hybridized carbons (Fsp3) is 0.833. The molecule has 0 aromatic rings. The van der Waals surface area contributed by atoms with Gasteiger partial charge in [-0.1, -0.05) is 0 Å². The van der Waals surface area contributed by atoms with Gasteiger partial charge in [-0.15, -0.1) is 0 Å². The van der Waals surface area contributed by atoms with Gasteiger partial charge in [0, 0.05) is 19.6 Å². The number of ether oxygens (including phenoxy) is 2. The van der Waals surface area contributed by atoms with E-state index in [2.05, 4.69) is 10.6 Å². The van der Waals surface area contributed by atoms with Crippen molar-refractivity contribution in [2.45, 2.75) is 37.6 Å². The van der Waals surface area contributed by atoms with Crippen molar-refractivity contribution < 1.29 is 24.2 Å². The molecule has 2 rings (SSSR count). The van der Waals surface area contributed by atoms with Crippen LogP contribution in [0.3, 0.4) is 0 Å². The molecule has 19 heavy (non-hydrogen) atoms. The van der Waals surface area contributed by atoms with Gasteiger partial charge < -0.3 is 25.2 Å². The Bertz CT molecular complexity index is 330. The Labute approximate surface area is 111 Å². The van der Waals surface area contributed by atoms with Crippen LogP contribution in [0.25, 0.3) is 0 Å². The zero-order valence-electron chi connectivity index (χ0n) is 10.8. The largest absolute Gasteiger partial charge is 0.479 e. The average Bonchev–Trinajstić information content (AvgIpc) is 2.86. The fourth-order valence-corrected chi connectivity index (χ4v) is 2.29. The molecule has 7 nitrogen and oxygen atoms in total. The van der Waals surface area contributed by atoms with Gasteiger partial charge >= 0.3 is 5.97 Å². The van der Waals surface area contributed by atoms with Crippen LogP contribution in [0.2, 0.25) is 0 Å². The molecule has 1 amide bonds. The summed E-state index contributed by atoms with van der Waals surface area (Å²) in [5.74, 6) is -1.02. The maximum Gasteiger partial charge on any atom is 0.332 e. The minimum Gasteiger partial charge on any atom is -0.479 e. The Balaban J connectivity index is 1.62. The van der Waals surface area contributed by atoms with E-state index in [9.17, 15) is 9.59 Å². The van der Waals surface area contributed by atoms with E-state index in [4.69, 9.17) is 14.6 Å². The van der Waals surface area contributed by atoms with Crippen LogP contribution in [-0.4, -0.2) is 61.5 Å². The molecule has 0 aromatic carbocycles. The molecule has 7 heteroatoms. The molecular weight excluding hydrogens is 252 g/mol. The molecule has 3 atom stereocenters. The Morgan fingerprint density at radius 1 is 1.32 bits per heavy atom. The van der Waals surface area contributed by atoms with Gasteiger partial charge in [0.1, 0.15) is 0 Å². The highest BCUT2D eigenvalue weighted by Crippen LogP contribution is 2.19. The number of rotatable bonds is 5. The number of carbonyl (C=O) groups excluding carboxylic acids is 1. The third-order valence-corrected chi connectivity index (χ3v) is 3.33. The van der Waals surface area contributed by atoms with Gasteiger partial charge in [-0.25, -0.2) is 4.79 Å². The van der Waals surface area contributed by atoms with Crippen LogP contribution in [0.5, 0.6) is 0 Å². The predicted molar refractivity (Wildman–Crippen MR) is 65.8 cm³/mol. The number of aliphatic carboxylic acids is 1. The van der Waals surface area contributed by atoms with Gasteiger partial charge in [0.15, 0.2) is 6.10 Å². The van der Waals surface area contributed by atoms with Crippen molar-refractivity contribution in [2.75, 3.05) is 26.2 Å². The molecule has 3 N–H and O–H groups in total. The quantitative estimate of drug-likeness (QED) is 0.601. The maximum absolute atomic E-state index is 11.7. The summed E-state index contributed by atoms with van der Waals surface area (Å²) >= 11 is 0. The fourth-order valence-electron chi connectivity index (χ4n) is 2.29. The summed E-state index contributed by atoms with van der Waals surface area (Å²) < 4.78 is 10.7. The normalized spacial score (nSPS) is 31.1. The SMILES string of the molecule is O=C(CC1CNCCO1)NCC1CCC(C(=O)O)O1. The number of nitrogens with one attached hydrogen (secondary N) is 2. The van der Waals surface area contributed by atoms with Crippen molar-refractivity contribution in [3.05, 3.63) is 0 Å². The standard InChI is InChI=1S/C12H20N2O5/c15-11(5-9-6-13-3-4-18-9)14-7-8-1-2-10(19-8)12(16)17/h8-10,13H,1-7H2,(H,14,15)(H,16,17). The van der Waals surface area contributed by atoms with E-state index in [1.807, 2.05) is 0 Å². The molecule has 0 aromatic heterocycles. The third kappa shape index (κ3) is 4.45. The summed E-state index contributed by atoms with van der Waals surface area (Å²) in [5.41, 5.74) is 0. The number of carbonyl (C=O) groups is 2. The Kier molecular flexibility index (Phi) is 5.12. The Morgan fingerprint density at radius 2 is 2.16 bits per heavy atom. The van der Waals surface area contributed by atoms with Gasteiger partial charge in [0.2, 0.25) is 5.91 Å². The van der Waals surface area contributed by atoms with Crippen molar-refractivity contribution in [2.24, 2.45) is 0 Å². The second-order valence-electron chi connectivity index (χ2n) is 4.87. The second-order valence-corrected chi connectivity index (χ2v) is 4.87. The first-order valence-electron chi connectivity index (χ1n) is 6.62. The lowest BCUT2D eigenvalue weighted by atomic mass is 10.2. The first kappa shape index (κ1) is 14.2. The van der Waals surface area contributed by atoms with Gasteiger partial charge in [-0.3, -0.25) is 4.79 Å². The highest BCUT2D eigenvalue weighted by molar-refractivity contribution is 5.76. The first-order chi connectivity index (χ1) is 9.15. The van der Waals surface area contributed by atoms with Crippen molar-refractivity contribution >= 4 is 11.9 Å². The van der Waals surface area contributed by atoms with E-state index >= 15 is 0 Å². The minimum atomic E-state index is -0.935. The average molecular weight is 272 g/mol. The van der Waals surface area contributed by atoms with Crippen LogP contribution in [0.1, 0.15) is 19.3 Å². The highest BCUT2D eigenvalue weighted by atomic mass is 16.5. The maximum atomic E-state index is 11.7. The molecule has 2 heterocycles. The van der Waals surface area contributed by atoms with Crippen molar-refractivity contribution in [1.82, 2.24) is 10.6 Å². The Morgan fingerprint density at radius 3 is 2.79 bits per heavy atom. The van der Waals surface area contributed by atoms with E-state index < -0.39 is 12.1 Å². The van der Waals surface area contributed by atoms with E-state index in [0.717, 1.165) is 6.54 Å². The number of hydrogen-bond donors (Lipinski definition) is 3. The molecular formula is C12H20N2O5. The molecule has 2 aliphatic rings. The lowest BCUT2D eigenvalue weighted by Gasteiger charge is -2.23. The minimum absolute atomic E-state index is 0.0787. The van der Waals surface area contributed by atoms with E-state index in [-0.39, 0.29) is 18.1 Å². The lowest BCUT2D eigenvalue weighted by molar-refractivity contribution is -0.149. The zero-order valence-corrected chi connectivity index (χ0v) is 10.8. The number of morpholine rings is 1. The number of hydrogen-bond acceptors (Lipinski definition) is 5.